The summed E-state index contributed by atoms with van der Waals surface area (Å²) >= 11 is 0. The summed E-state index contributed by atoms with van der Waals surface area (Å²) in [7, 11) is -3.04. The van der Waals surface area contributed by atoms with Crippen LogP contribution in [-0.2, 0) is 10.0 Å². The molecule has 2 rings (SSSR count). The summed E-state index contributed by atoms with van der Waals surface area (Å²) in [6.45, 7) is 4.66. The molecule has 2 aliphatic rings. The molecule has 0 aromatic carbocycles. The first-order valence-corrected chi connectivity index (χ1v) is 10.4. The van der Waals surface area contributed by atoms with Gasteiger partial charge in [0.25, 0.3) is 0 Å². The van der Waals surface area contributed by atoms with Gasteiger partial charge in [0.1, 0.15) is 0 Å². The summed E-state index contributed by atoms with van der Waals surface area (Å²) in [5, 5.41) is 3.46. The number of nitrogens with zero attached hydrogens (tertiary/aromatic N) is 1. The Morgan fingerprint density at radius 3 is 2.48 bits per heavy atom. The minimum atomic E-state index is -3.04. The fourth-order valence-electron chi connectivity index (χ4n) is 3.68. The molecule has 5 heteroatoms. The standard InChI is InChI=1S/C16H32N2O2S/c1-15-8-5-6-12-18(15)21(19,20)13-7-11-17-14-16-9-3-2-4-10-16/h15-17H,2-14H2,1H3/t15-/m0/s1. The van der Waals surface area contributed by atoms with E-state index in [0.29, 0.717) is 5.75 Å². The number of nitrogens with one attached hydrogen (secondary N) is 1. The first-order valence-electron chi connectivity index (χ1n) is 8.80. The molecule has 0 radical (unpaired) electrons. The zero-order chi connectivity index (χ0) is 15.1. The minimum Gasteiger partial charge on any atom is -0.316 e. The van der Waals surface area contributed by atoms with Gasteiger partial charge < -0.3 is 5.32 Å². The number of rotatable bonds is 7. The lowest BCUT2D eigenvalue weighted by molar-refractivity contribution is 0.268. The zero-order valence-electron chi connectivity index (χ0n) is 13.5. The maximum absolute atomic E-state index is 12.4. The van der Waals surface area contributed by atoms with Gasteiger partial charge in [0, 0.05) is 12.6 Å². The van der Waals surface area contributed by atoms with Crippen LogP contribution in [0.25, 0.3) is 0 Å². The second kappa shape index (κ2) is 8.49. The molecule has 1 saturated heterocycles. The third kappa shape index (κ3) is 5.53. The SMILES string of the molecule is C[C@H]1CCCCN1S(=O)(=O)CCCNCC1CCCCC1. The number of piperidine rings is 1. The molecule has 2 fully saturated rings. The highest BCUT2D eigenvalue weighted by atomic mass is 32.2. The Kier molecular flexibility index (Phi) is 6.96. The molecule has 124 valence electrons. The van der Waals surface area contributed by atoms with Gasteiger partial charge in [-0.1, -0.05) is 25.7 Å². The van der Waals surface area contributed by atoms with Crippen LogP contribution in [0.5, 0.6) is 0 Å². The van der Waals surface area contributed by atoms with Gasteiger partial charge in [-0.15, -0.1) is 0 Å². The Bertz CT molecular complexity index is 391. The number of sulfonamides is 1. The van der Waals surface area contributed by atoms with Crippen LogP contribution in [-0.4, -0.2) is 44.2 Å². The van der Waals surface area contributed by atoms with E-state index in [4.69, 9.17) is 0 Å². The summed E-state index contributed by atoms with van der Waals surface area (Å²) < 4.78 is 26.5. The Balaban J connectivity index is 1.62. The second-order valence-corrected chi connectivity index (χ2v) is 8.87. The fraction of sp³-hybridized carbons (Fsp3) is 1.00. The van der Waals surface area contributed by atoms with Crippen molar-refractivity contribution in [2.45, 2.75) is 70.8 Å². The maximum atomic E-state index is 12.4. The number of hydrogen-bond acceptors (Lipinski definition) is 3. The van der Waals surface area contributed by atoms with Crippen LogP contribution in [0, 0.1) is 5.92 Å². The predicted molar refractivity (Wildman–Crippen MR) is 87.9 cm³/mol. The second-order valence-electron chi connectivity index (χ2n) is 6.83. The van der Waals surface area contributed by atoms with Crippen LogP contribution in [0.15, 0.2) is 0 Å². The van der Waals surface area contributed by atoms with Crippen LogP contribution in [0.4, 0.5) is 0 Å². The van der Waals surface area contributed by atoms with Gasteiger partial charge in [0.15, 0.2) is 0 Å². The van der Waals surface area contributed by atoms with Crippen molar-refractivity contribution in [3.8, 4) is 0 Å². The van der Waals surface area contributed by atoms with Crippen molar-refractivity contribution in [2.24, 2.45) is 5.92 Å². The lowest BCUT2D eigenvalue weighted by Gasteiger charge is -2.32. The van der Waals surface area contributed by atoms with E-state index in [-0.39, 0.29) is 6.04 Å². The average molecular weight is 317 g/mol. The molecule has 0 bridgehead atoms. The highest BCUT2D eigenvalue weighted by Gasteiger charge is 2.28. The summed E-state index contributed by atoms with van der Waals surface area (Å²) in [4.78, 5) is 0. The van der Waals surface area contributed by atoms with Gasteiger partial charge in [-0.05, 0) is 58.0 Å². The van der Waals surface area contributed by atoms with Crippen molar-refractivity contribution in [3.05, 3.63) is 0 Å². The lowest BCUT2D eigenvalue weighted by atomic mass is 9.89. The smallest absolute Gasteiger partial charge is 0.214 e. The van der Waals surface area contributed by atoms with E-state index in [2.05, 4.69) is 5.32 Å². The molecular weight excluding hydrogens is 284 g/mol. The molecule has 1 saturated carbocycles. The molecule has 1 aliphatic heterocycles. The van der Waals surface area contributed by atoms with Crippen molar-refractivity contribution in [1.29, 1.82) is 0 Å². The summed E-state index contributed by atoms with van der Waals surface area (Å²) in [5.41, 5.74) is 0. The monoisotopic (exact) mass is 316 g/mol. The van der Waals surface area contributed by atoms with Crippen LogP contribution in [0.1, 0.15) is 64.7 Å². The van der Waals surface area contributed by atoms with Gasteiger partial charge >= 0.3 is 0 Å². The van der Waals surface area contributed by atoms with Crippen LogP contribution < -0.4 is 5.32 Å². The topological polar surface area (TPSA) is 49.4 Å². The molecular formula is C16H32N2O2S. The van der Waals surface area contributed by atoms with E-state index in [9.17, 15) is 8.42 Å². The molecule has 1 aliphatic carbocycles. The predicted octanol–water partition coefficient (Wildman–Crippen LogP) is 2.75. The van der Waals surface area contributed by atoms with Gasteiger partial charge in [-0.2, -0.15) is 4.31 Å². The Morgan fingerprint density at radius 2 is 1.76 bits per heavy atom. The van der Waals surface area contributed by atoms with Crippen molar-refractivity contribution in [2.75, 3.05) is 25.4 Å². The molecule has 0 aromatic rings. The van der Waals surface area contributed by atoms with E-state index >= 15 is 0 Å². The summed E-state index contributed by atoms with van der Waals surface area (Å²) in [5.74, 6) is 1.12. The van der Waals surface area contributed by atoms with Gasteiger partial charge in [-0.3, -0.25) is 0 Å². The average Bonchev–Trinajstić information content (AvgIpc) is 2.48. The highest BCUT2D eigenvalue weighted by molar-refractivity contribution is 7.89. The van der Waals surface area contributed by atoms with Crippen LogP contribution in [0.2, 0.25) is 0 Å². The van der Waals surface area contributed by atoms with E-state index in [1.807, 2.05) is 6.92 Å². The number of hydrogen-bond donors (Lipinski definition) is 1. The molecule has 0 aromatic heterocycles. The van der Waals surface area contributed by atoms with E-state index in [1.165, 1.54) is 32.1 Å². The zero-order valence-corrected chi connectivity index (χ0v) is 14.3. The Hall–Kier alpha value is -0.130. The molecule has 0 unspecified atom stereocenters. The van der Waals surface area contributed by atoms with E-state index < -0.39 is 10.0 Å². The maximum Gasteiger partial charge on any atom is 0.214 e. The molecule has 4 nitrogen and oxygen atoms in total. The molecule has 0 amide bonds. The molecule has 21 heavy (non-hydrogen) atoms. The van der Waals surface area contributed by atoms with Crippen molar-refractivity contribution >= 4 is 10.0 Å². The molecule has 1 heterocycles. The van der Waals surface area contributed by atoms with E-state index in [1.54, 1.807) is 4.31 Å². The highest BCUT2D eigenvalue weighted by Crippen LogP contribution is 2.23. The Labute approximate surface area is 130 Å². The Morgan fingerprint density at radius 1 is 1.05 bits per heavy atom. The first kappa shape index (κ1) is 17.2. The van der Waals surface area contributed by atoms with Crippen LogP contribution in [0.3, 0.4) is 0 Å². The summed E-state index contributed by atoms with van der Waals surface area (Å²) in [6, 6.07) is 0.193. The molecule has 1 atom stereocenters. The lowest BCUT2D eigenvalue weighted by Crippen LogP contribution is -2.43. The largest absolute Gasteiger partial charge is 0.316 e. The third-order valence-corrected chi connectivity index (χ3v) is 7.07. The molecule has 0 spiro atoms. The quantitative estimate of drug-likeness (QED) is 0.735. The van der Waals surface area contributed by atoms with Gasteiger partial charge in [0.05, 0.1) is 5.75 Å². The van der Waals surface area contributed by atoms with Crippen molar-refractivity contribution in [1.82, 2.24) is 9.62 Å². The molecule has 1 N–H and O–H groups in total. The van der Waals surface area contributed by atoms with Crippen molar-refractivity contribution < 1.29 is 8.42 Å². The fourth-order valence-corrected chi connectivity index (χ4v) is 5.48. The minimum absolute atomic E-state index is 0.193. The third-order valence-electron chi connectivity index (χ3n) is 5.01. The van der Waals surface area contributed by atoms with Gasteiger partial charge in [-0.25, -0.2) is 8.42 Å². The first-order chi connectivity index (χ1) is 10.1. The summed E-state index contributed by atoms with van der Waals surface area (Å²) in [6.07, 6.45) is 10.7. The van der Waals surface area contributed by atoms with E-state index in [0.717, 1.165) is 51.2 Å². The van der Waals surface area contributed by atoms with Gasteiger partial charge in [0.2, 0.25) is 10.0 Å². The van der Waals surface area contributed by atoms with Crippen molar-refractivity contribution in [3.63, 3.8) is 0 Å². The van der Waals surface area contributed by atoms with Crippen LogP contribution >= 0.6 is 0 Å². The normalized spacial score (nSPS) is 26.0.